The fourth-order valence-electron chi connectivity index (χ4n) is 2.69. The zero-order valence-corrected chi connectivity index (χ0v) is 18.2. The maximum Gasteiger partial charge on any atom is 0.248 e. The Balaban J connectivity index is 1.85. The molecule has 162 valence electrons. The lowest BCUT2D eigenvalue weighted by Crippen LogP contribution is -2.37. The molecule has 0 fully saturated rings. The van der Waals surface area contributed by atoms with Crippen LogP contribution in [0, 0.1) is 0 Å². The Labute approximate surface area is 188 Å². The molecule has 2 amide bonds. The number of amides is 2. The molecule has 1 aromatic heterocycles. The Morgan fingerprint density at radius 3 is 2.39 bits per heavy atom. The lowest BCUT2D eigenvalue weighted by atomic mass is 10.2. The molecule has 0 radical (unpaired) electrons. The average molecular weight is 482 g/mol. The molecule has 11 heteroatoms. The van der Waals surface area contributed by atoms with E-state index < -0.39 is 28.4 Å². The van der Waals surface area contributed by atoms with Crippen molar-refractivity contribution in [3.63, 3.8) is 0 Å². The number of benzene rings is 2. The predicted molar refractivity (Wildman–Crippen MR) is 116 cm³/mol. The zero-order chi connectivity index (χ0) is 22.6. The monoisotopic (exact) mass is 481 g/mol. The molecular weight excluding hydrogens is 465 g/mol. The second kappa shape index (κ2) is 9.52. The minimum absolute atomic E-state index is 0.0312. The first-order chi connectivity index (χ1) is 14.7. The fraction of sp³-hybridized carbons (Fsp3) is 0.100. The highest BCUT2D eigenvalue weighted by atomic mass is 35.5. The molecule has 0 spiro atoms. The van der Waals surface area contributed by atoms with Gasteiger partial charge in [-0.05, 0) is 54.6 Å². The number of carbonyl (C=O) groups is 2. The van der Waals surface area contributed by atoms with Crippen molar-refractivity contribution in [2.75, 3.05) is 11.9 Å². The third-order valence-corrected chi connectivity index (χ3v) is 6.70. The van der Waals surface area contributed by atoms with Gasteiger partial charge in [0.2, 0.25) is 21.8 Å². The van der Waals surface area contributed by atoms with Crippen LogP contribution in [0.5, 0.6) is 0 Å². The number of nitrogens with zero attached hydrogens (tertiary/aromatic N) is 1. The molecule has 0 saturated heterocycles. The van der Waals surface area contributed by atoms with Crippen LogP contribution in [-0.2, 0) is 21.4 Å². The molecule has 1 heterocycles. The van der Waals surface area contributed by atoms with Gasteiger partial charge in [0.05, 0.1) is 24.4 Å². The fourth-order valence-corrected chi connectivity index (χ4v) is 4.79. The number of hydrogen-bond donors (Lipinski definition) is 2. The zero-order valence-electron chi connectivity index (χ0n) is 15.9. The number of nitrogens with two attached hydrogens (primary N) is 1. The van der Waals surface area contributed by atoms with Crippen LogP contribution in [-0.4, -0.2) is 31.1 Å². The number of halogens is 2. The van der Waals surface area contributed by atoms with Crippen molar-refractivity contribution in [2.45, 2.75) is 11.4 Å². The summed E-state index contributed by atoms with van der Waals surface area (Å²) in [6.45, 7) is -0.727. The molecule has 0 bridgehead atoms. The van der Waals surface area contributed by atoms with Gasteiger partial charge in [0.1, 0.15) is 10.7 Å². The summed E-state index contributed by atoms with van der Waals surface area (Å²) in [5.41, 5.74) is 5.83. The quantitative estimate of drug-likeness (QED) is 0.509. The first kappa shape index (κ1) is 22.8. The summed E-state index contributed by atoms with van der Waals surface area (Å²) < 4.78 is 32.7. The van der Waals surface area contributed by atoms with Crippen LogP contribution < -0.4 is 11.1 Å². The summed E-state index contributed by atoms with van der Waals surface area (Å²) in [4.78, 5) is 23.5. The summed E-state index contributed by atoms with van der Waals surface area (Å²) in [6.07, 6.45) is 1.40. The van der Waals surface area contributed by atoms with Gasteiger partial charge in [-0.15, -0.1) is 0 Å². The lowest BCUT2D eigenvalue weighted by Gasteiger charge is -2.21. The molecule has 3 rings (SSSR count). The molecule has 31 heavy (non-hydrogen) atoms. The maximum absolute atomic E-state index is 13.2. The number of sulfonamides is 1. The molecule has 0 unspecified atom stereocenters. The van der Waals surface area contributed by atoms with Gasteiger partial charge in [-0.25, -0.2) is 8.42 Å². The van der Waals surface area contributed by atoms with Gasteiger partial charge in [-0.3, -0.25) is 9.59 Å². The van der Waals surface area contributed by atoms with E-state index in [9.17, 15) is 18.0 Å². The Kier molecular flexibility index (Phi) is 7.01. The molecule has 0 atom stereocenters. The number of rotatable bonds is 8. The van der Waals surface area contributed by atoms with E-state index in [1.165, 1.54) is 48.7 Å². The second-order valence-corrected chi connectivity index (χ2v) is 9.17. The highest BCUT2D eigenvalue weighted by molar-refractivity contribution is 7.89. The van der Waals surface area contributed by atoms with E-state index in [2.05, 4.69) is 5.32 Å². The van der Waals surface area contributed by atoms with E-state index in [1.54, 1.807) is 12.1 Å². The molecular formula is C20H17Cl2N3O5S. The van der Waals surface area contributed by atoms with Crippen LogP contribution in [0.1, 0.15) is 16.1 Å². The molecule has 0 aliphatic heterocycles. The molecule has 0 aliphatic rings. The highest BCUT2D eigenvalue weighted by Gasteiger charge is 2.30. The molecule has 0 saturated carbocycles. The SMILES string of the molecule is NC(=O)c1ccc(NC(=O)CN(Cc2ccco2)S(=O)(=O)c2cc(Cl)ccc2Cl)cc1. The Morgan fingerprint density at radius 1 is 1.06 bits per heavy atom. The Hall–Kier alpha value is -2.85. The Bertz CT molecular complexity index is 1200. The standard InChI is InChI=1S/C20H17Cl2N3O5S/c21-14-5-8-17(22)18(10-14)31(28,29)25(11-16-2-1-9-30-16)12-19(26)24-15-6-3-13(4-7-15)20(23)27/h1-10H,11-12H2,(H2,23,27)(H,24,26). The number of primary amides is 1. The number of nitrogens with one attached hydrogen (secondary N) is 1. The Morgan fingerprint density at radius 2 is 1.77 bits per heavy atom. The third-order valence-electron chi connectivity index (χ3n) is 4.20. The largest absolute Gasteiger partial charge is 0.468 e. The van der Waals surface area contributed by atoms with Gasteiger partial charge in [0.15, 0.2) is 0 Å². The van der Waals surface area contributed by atoms with Crippen molar-refractivity contribution in [2.24, 2.45) is 5.73 Å². The number of furan rings is 1. The minimum atomic E-state index is -4.20. The van der Waals surface area contributed by atoms with Crippen LogP contribution in [0.4, 0.5) is 5.69 Å². The van der Waals surface area contributed by atoms with E-state index >= 15 is 0 Å². The van der Waals surface area contributed by atoms with Crippen LogP contribution in [0.3, 0.4) is 0 Å². The van der Waals surface area contributed by atoms with Crippen molar-refractivity contribution in [3.05, 3.63) is 82.2 Å². The van der Waals surface area contributed by atoms with Crippen molar-refractivity contribution in [1.29, 1.82) is 0 Å². The van der Waals surface area contributed by atoms with Crippen LogP contribution in [0.25, 0.3) is 0 Å². The van der Waals surface area contributed by atoms with E-state index in [0.717, 1.165) is 4.31 Å². The minimum Gasteiger partial charge on any atom is -0.468 e. The van der Waals surface area contributed by atoms with Gasteiger partial charge < -0.3 is 15.5 Å². The summed E-state index contributed by atoms with van der Waals surface area (Å²) in [5, 5.41) is 2.73. The van der Waals surface area contributed by atoms with Crippen LogP contribution >= 0.6 is 23.2 Å². The van der Waals surface area contributed by atoms with Crippen molar-refractivity contribution < 1.29 is 22.4 Å². The molecule has 3 aromatic rings. The molecule has 2 aromatic carbocycles. The van der Waals surface area contributed by atoms with Gasteiger partial charge in [-0.1, -0.05) is 23.2 Å². The van der Waals surface area contributed by atoms with E-state index in [1.807, 2.05) is 0 Å². The first-order valence-corrected chi connectivity index (χ1v) is 11.0. The van der Waals surface area contributed by atoms with Gasteiger partial charge in [0, 0.05) is 16.3 Å². The predicted octanol–water partition coefficient (Wildman–Crippen LogP) is 3.51. The normalized spacial score (nSPS) is 11.5. The summed E-state index contributed by atoms with van der Waals surface area (Å²) in [5.74, 6) is -0.882. The number of anilines is 1. The van der Waals surface area contributed by atoms with Crippen molar-refractivity contribution in [3.8, 4) is 0 Å². The van der Waals surface area contributed by atoms with E-state index in [0.29, 0.717) is 11.4 Å². The first-order valence-electron chi connectivity index (χ1n) is 8.84. The van der Waals surface area contributed by atoms with Gasteiger partial charge >= 0.3 is 0 Å². The summed E-state index contributed by atoms with van der Waals surface area (Å²) in [7, 11) is -4.20. The lowest BCUT2D eigenvalue weighted by molar-refractivity contribution is -0.116. The van der Waals surface area contributed by atoms with E-state index in [4.69, 9.17) is 33.4 Å². The maximum atomic E-state index is 13.2. The van der Waals surface area contributed by atoms with Crippen LogP contribution in [0.15, 0.2) is 70.2 Å². The third kappa shape index (κ3) is 5.65. The second-order valence-electron chi connectivity index (χ2n) is 6.42. The summed E-state index contributed by atoms with van der Waals surface area (Å²) in [6, 6.07) is 13.1. The van der Waals surface area contributed by atoms with Crippen LogP contribution in [0.2, 0.25) is 10.0 Å². The van der Waals surface area contributed by atoms with Gasteiger partial charge in [0.25, 0.3) is 0 Å². The molecule has 8 nitrogen and oxygen atoms in total. The number of hydrogen-bond acceptors (Lipinski definition) is 5. The summed E-state index contributed by atoms with van der Waals surface area (Å²) >= 11 is 12.0. The number of carbonyl (C=O) groups excluding carboxylic acids is 2. The molecule has 0 aliphatic carbocycles. The van der Waals surface area contributed by atoms with Crippen molar-refractivity contribution in [1.82, 2.24) is 4.31 Å². The topological polar surface area (TPSA) is 123 Å². The smallest absolute Gasteiger partial charge is 0.248 e. The average Bonchev–Trinajstić information content (AvgIpc) is 3.23. The highest BCUT2D eigenvalue weighted by Crippen LogP contribution is 2.28. The van der Waals surface area contributed by atoms with Gasteiger partial charge in [-0.2, -0.15) is 4.31 Å². The molecule has 3 N–H and O–H groups in total. The van der Waals surface area contributed by atoms with E-state index in [-0.39, 0.29) is 27.0 Å². The van der Waals surface area contributed by atoms with Crippen molar-refractivity contribution >= 4 is 50.7 Å².